The Morgan fingerprint density at radius 1 is 1.47 bits per heavy atom. The average molecular weight is 264 g/mol. The molecule has 0 spiro atoms. The van der Waals surface area contributed by atoms with Gasteiger partial charge in [-0.2, -0.15) is 0 Å². The van der Waals surface area contributed by atoms with Crippen LogP contribution in [-0.4, -0.2) is 28.6 Å². The zero-order valence-corrected chi connectivity index (χ0v) is 10.9. The van der Waals surface area contributed by atoms with Crippen LogP contribution in [0.5, 0.6) is 0 Å². The minimum atomic E-state index is -1.13. The lowest BCUT2D eigenvalue weighted by molar-refractivity contribution is -0.384. The number of non-ortho nitro benzene ring substituents is 1. The molecule has 1 aliphatic heterocycles. The van der Waals surface area contributed by atoms with E-state index in [1.165, 1.54) is 12.1 Å². The van der Waals surface area contributed by atoms with Crippen molar-refractivity contribution in [2.45, 2.75) is 26.3 Å². The highest BCUT2D eigenvalue weighted by atomic mass is 16.6. The number of nitrogens with zero attached hydrogens (tertiary/aromatic N) is 2. The van der Waals surface area contributed by atoms with E-state index in [1.54, 1.807) is 0 Å². The molecule has 102 valence electrons. The summed E-state index contributed by atoms with van der Waals surface area (Å²) in [5.74, 6) is -0.641. The molecule has 2 rings (SSSR count). The first kappa shape index (κ1) is 13.3. The van der Waals surface area contributed by atoms with Gasteiger partial charge in [0, 0.05) is 24.7 Å². The maximum Gasteiger partial charge on any atom is 0.338 e. The first-order valence-electron chi connectivity index (χ1n) is 6.18. The third-order valence-electron chi connectivity index (χ3n) is 3.51. The van der Waals surface area contributed by atoms with Gasteiger partial charge in [0.15, 0.2) is 0 Å². The van der Waals surface area contributed by atoms with Gasteiger partial charge in [0.2, 0.25) is 0 Å². The molecule has 1 N–H and O–H groups in total. The topological polar surface area (TPSA) is 83.7 Å². The zero-order chi connectivity index (χ0) is 14.2. The molecular formula is C13H16N2O4. The van der Waals surface area contributed by atoms with Gasteiger partial charge in [-0.15, -0.1) is 0 Å². The average Bonchev–Trinajstić information content (AvgIpc) is 2.67. The second kappa shape index (κ2) is 4.87. The van der Waals surface area contributed by atoms with Crippen molar-refractivity contribution in [3.05, 3.63) is 33.9 Å². The quantitative estimate of drug-likeness (QED) is 0.670. The third kappa shape index (κ3) is 2.52. The van der Waals surface area contributed by atoms with E-state index in [9.17, 15) is 20.0 Å². The number of benzene rings is 1. The minimum Gasteiger partial charge on any atom is -0.478 e. The summed E-state index contributed by atoms with van der Waals surface area (Å²) >= 11 is 0. The number of carbonyl (C=O) groups is 1. The minimum absolute atomic E-state index is 0.00449. The second-order valence-electron chi connectivity index (χ2n) is 5.11. The van der Waals surface area contributed by atoms with Gasteiger partial charge in [-0.1, -0.05) is 6.92 Å². The van der Waals surface area contributed by atoms with Crippen molar-refractivity contribution in [3.63, 3.8) is 0 Å². The molecule has 0 aromatic heterocycles. The number of anilines is 1. The number of carboxylic acids is 1. The van der Waals surface area contributed by atoms with Crippen LogP contribution in [0.2, 0.25) is 0 Å². The van der Waals surface area contributed by atoms with Gasteiger partial charge in [0.25, 0.3) is 5.69 Å². The van der Waals surface area contributed by atoms with Gasteiger partial charge in [0.1, 0.15) is 0 Å². The lowest BCUT2D eigenvalue weighted by atomic mass is 10.1. The number of rotatable bonds is 3. The highest BCUT2D eigenvalue weighted by Gasteiger charge is 2.29. The van der Waals surface area contributed by atoms with E-state index in [0.29, 0.717) is 11.6 Å². The summed E-state index contributed by atoms with van der Waals surface area (Å²) in [6.07, 6.45) is 0.996. The van der Waals surface area contributed by atoms with Crippen LogP contribution < -0.4 is 4.90 Å². The molecule has 0 saturated carbocycles. The monoisotopic (exact) mass is 264 g/mol. The van der Waals surface area contributed by atoms with Gasteiger partial charge in [-0.25, -0.2) is 4.79 Å². The Morgan fingerprint density at radius 2 is 2.16 bits per heavy atom. The Labute approximate surface area is 110 Å². The molecule has 6 heteroatoms. The Morgan fingerprint density at radius 3 is 2.63 bits per heavy atom. The van der Waals surface area contributed by atoms with E-state index < -0.39 is 10.9 Å². The van der Waals surface area contributed by atoms with Gasteiger partial charge in [0.05, 0.1) is 16.2 Å². The predicted molar refractivity (Wildman–Crippen MR) is 70.6 cm³/mol. The maximum absolute atomic E-state index is 11.3. The number of nitro groups is 1. The fourth-order valence-corrected chi connectivity index (χ4v) is 2.69. The van der Waals surface area contributed by atoms with Gasteiger partial charge < -0.3 is 10.0 Å². The van der Waals surface area contributed by atoms with E-state index in [0.717, 1.165) is 19.0 Å². The van der Waals surface area contributed by atoms with E-state index in [4.69, 9.17) is 0 Å². The van der Waals surface area contributed by atoms with E-state index >= 15 is 0 Å². The van der Waals surface area contributed by atoms with Crippen LogP contribution >= 0.6 is 0 Å². The Bertz CT molecular complexity index is 529. The highest BCUT2D eigenvalue weighted by molar-refractivity contribution is 5.95. The molecular weight excluding hydrogens is 248 g/mol. The Kier molecular flexibility index (Phi) is 3.42. The van der Waals surface area contributed by atoms with Crippen molar-refractivity contribution < 1.29 is 14.8 Å². The molecule has 0 amide bonds. The molecule has 2 unspecified atom stereocenters. The summed E-state index contributed by atoms with van der Waals surface area (Å²) in [7, 11) is 0. The summed E-state index contributed by atoms with van der Waals surface area (Å²) in [4.78, 5) is 23.5. The molecule has 6 nitrogen and oxygen atoms in total. The predicted octanol–water partition coefficient (Wildman–Crippen LogP) is 2.53. The smallest absolute Gasteiger partial charge is 0.338 e. The molecule has 1 aromatic carbocycles. The maximum atomic E-state index is 11.3. The van der Waals surface area contributed by atoms with Crippen molar-refractivity contribution in [1.82, 2.24) is 0 Å². The number of carboxylic acid groups (broad SMARTS) is 1. The summed E-state index contributed by atoms with van der Waals surface area (Å²) in [6, 6.07) is 4.27. The summed E-state index contributed by atoms with van der Waals surface area (Å²) in [6.45, 7) is 4.93. The molecule has 1 aromatic rings. The van der Waals surface area contributed by atoms with E-state index in [1.807, 2.05) is 11.8 Å². The van der Waals surface area contributed by atoms with Crippen LogP contribution in [0.3, 0.4) is 0 Å². The van der Waals surface area contributed by atoms with Gasteiger partial charge >= 0.3 is 5.97 Å². The number of nitro benzene ring substituents is 1. The fraction of sp³-hybridized carbons (Fsp3) is 0.462. The van der Waals surface area contributed by atoms with E-state index in [-0.39, 0.29) is 17.3 Å². The molecule has 1 heterocycles. The molecule has 0 bridgehead atoms. The van der Waals surface area contributed by atoms with Crippen LogP contribution in [-0.2, 0) is 0 Å². The highest BCUT2D eigenvalue weighted by Crippen LogP contribution is 2.33. The van der Waals surface area contributed by atoms with Gasteiger partial charge in [-0.3, -0.25) is 10.1 Å². The normalized spacial score (nSPS) is 22.5. The second-order valence-corrected chi connectivity index (χ2v) is 5.11. The fourth-order valence-electron chi connectivity index (χ4n) is 2.69. The molecule has 2 atom stereocenters. The molecule has 1 saturated heterocycles. The molecule has 1 aliphatic rings. The summed E-state index contributed by atoms with van der Waals surface area (Å²) in [5.41, 5.74) is 0.367. The lowest BCUT2D eigenvalue weighted by Gasteiger charge is -2.25. The Hall–Kier alpha value is -2.11. The van der Waals surface area contributed by atoms with E-state index in [2.05, 4.69) is 6.92 Å². The standard InChI is InChI=1S/C13H16N2O4/c1-8-5-9(2)14(7-8)12-4-3-10(15(18)19)6-11(12)13(16)17/h3-4,6,8-9H,5,7H2,1-2H3,(H,16,17). The molecule has 0 radical (unpaired) electrons. The lowest BCUT2D eigenvalue weighted by Crippen LogP contribution is -2.28. The van der Waals surface area contributed by atoms with Crippen molar-refractivity contribution in [2.75, 3.05) is 11.4 Å². The van der Waals surface area contributed by atoms with Crippen LogP contribution in [0.4, 0.5) is 11.4 Å². The summed E-state index contributed by atoms with van der Waals surface area (Å²) < 4.78 is 0. The molecule has 1 fully saturated rings. The molecule has 19 heavy (non-hydrogen) atoms. The SMILES string of the molecule is CC1CC(C)N(c2ccc([N+](=O)[O-])cc2C(=O)O)C1. The van der Waals surface area contributed by atoms with Crippen LogP contribution in [0.15, 0.2) is 18.2 Å². The largest absolute Gasteiger partial charge is 0.478 e. The van der Waals surface area contributed by atoms with Crippen LogP contribution in [0.25, 0.3) is 0 Å². The third-order valence-corrected chi connectivity index (χ3v) is 3.51. The summed E-state index contributed by atoms with van der Waals surface area (Å²) in [5, 5.41) is 20.0. The van der Waals surface area contributed by atoms with Crippen molar-refractivity contribution in [2.24, 2.45) is 5.92 Å². The Balaban J connectivity index is 2.45. The van der Waals surface area contributed by atoms with Crippen molar-refractivity contribution >= 4 is 17.3 Å². The first-order valence-corrected chi connectivity index (χ1v) is 6.18. The number of hydrogen-bond acceptors (Lipinski definition) is 4. The molecule has 0 aliphatic carbocycles. The van der Waals surface area contributed by atoms with Gasteiger partial charge in [-0.05, 0) is 25.3 Å². The number of aromatic carboxylic acids is 1. The van der Waals surface area contributed by atoms with Crippen LogP contribution in [0.1, 0.15) is 30.6 Å². The van der Waals surface area contributed by atoms with Crippen molar-refractivity contribution in [3.8, 4) is 0 Å². The zero-order valence-electron chi connectivity index (χ0n) is 10.9. The number of hydrogen-bond donors (Lipinski definition) is 1. The van der Waals surface area contributed by atoms with Crippen LogP contribution in [0, 0.1) is 16.0 Å². The van der Waals surface area contributed by atoms with Crippen molar-refractivity contribution in [1.29, 1.82) is 0 Å². The first-order chi connectivity index (χ1) is 8.90.